The van der Waals surface area contributed by atoms with E-state index in [1.54, 1.807) is 0 Å². The molecule has 1 unspecified atom stereocenters. The molecular weight excluding hydrogens is 865 g/mol. The SMILES string of the molecule is CC/C=C\C/C=C\C/C=C\C/C=C\C/C=C\C/C=C\C/C=C\CCCCCCCCCC(=O)OCC(COC(=O)CCCCCCC/C=C\CCCC)OC(=O)CCCCCCCCCCCCCC. The number of carbonyl (C=O) groups is 3. The van der Waals surface area contributed by atoms with Gasteiger partial charge in [0.2, 0.25) is 0 Å². The van der Waals surface area contributed by atoms with E-state index in [4.69, 9.17) is 14.2 Å². The van der Waals surface area contributed by atoms with Crippen LogP contribution in [0.4, 0.5) is 0 Å². The van der Waals surface area contributed by atoms with Crippen LogP contribution < -0.4 is 0 Å². The molecule has 6 heteroatoms. The Labute approximate surface area is 432 Å². The lowest BCUT2D eigenvalue weighted by Crippen LogP contribution is -2.30. The van der Waals surface area contributed by atoms with Gasteiger partial charge in [0, 0.05) is 19.3 Å². The molecule has 0 spiro atoms. The smallest absolute Gasteiger partial charge is 0.306 e. The van der Waals surface area contributed by atoms with Crippen molar-refractivity contribution in [1.29, 1.82) is 0 Å². The molecule has 0 bridgehead atoms. The number of unbranched alkanes of at least 4 members (excludes halogenated alkanes) is 25. The van der Waals surface area contributed by atoms with Crippen molar-refractivity contribution in [3.8, 4) is 0 Å². The van der Waals surface area contributed by atoms with Crippen molar-refractivity contribution >= 4 is 17.9 Å². The summed E-state index contributed by atoms with van der Waals surface area (Å²) in [6, 6.07) is 0. The molecule has 0 fully saturated rings. The summed E-state index contributed by atoms with van der Waals surface area (Å²) in [5.41, 5.74) is 0. The Kier molecular flexibility index (Phi) is 54.9. The normalized spacial score (nSPS) is 12.8. The first-order valence-electron chi connectivity index (χ1n) is 29.2. The van der Waals surface area contributed by atoms with Gasteiger partial charge in [-0.3, -0.25) is 14.4 Å². The Morgan fingerprint density at radius 3 is 0.929 bits per heavy atom. The lowest BCUT2D eigenvalue weighted by molar-refractivity contribution is -0.167. The molecule has 6 nitrogen and oxygen atoms in total. The van der Waals surface area contributed by atoms with E-state index in [0.717, 1.165) is 116 Å². The fraction of sp³-hybridized carbons (Fsp3) is 0.703. The number of esters is 3. The lowest BCUT2D eigenvalue weighted by atomic mass is 10.0. The van der Waals surface area contributed by atoms with Crippen LogP contribution in [0.25, 0.3) is 0 Å². The Bertz CT molecular complexity index is 1400. The van der Waals surface area contributed by atoms with Gasteiger partial charge < -0.3 is 14.2 Å². The summed E-state index contributed by atoms with van der Waals surface area (Å²) in [5.74, 6) is -0.901. The van der Waals surface area contributed by atoms with Crippen LogP contribution in [-0.4, -0.2) is 37.2 Å². The van der Waals surface area contributed by atoms with Gasteiger partial charge in [0.05, 0.1) is 0 Å². The van der Waals surface area contributed by atoms with Gasteiger partial charge >= 0.3 is 17.9 Å². The number of hydrogen-bond acceptors (Lipinski definition) is 6. The van der Waals surface area contributed by atoms with E-state index in [2.05, 4.69) is 118 Å². The second kappa shape index (κ2) is 57.9. The second-order valence-corrected chi connectivity index (χ2v) is 19.2. The largest absolute Gasteiger partial charge is 0.462 e. The van der Waals surface area contributed by atoms with Crippen molar-refractivity contribution in [1.82, 2.24) is 0 Å². The fourth-order valence-corrected chi connectivity index (χ4v) is 7.93. The molecule has 0 aliphatic heterocycles. The molecule has 400 valence electrons. The van der Waals surface area contributed by atoms with E-state index < -0.39 is 6.10 Å². The zero-order valence-electron chi connectivity index (χ0n) is 45.8. The topological polar surface area (TPSA) is 78.9 Å². The van der Waals surface area contributed by atoms with Crippen LogP contribution in [0, 0.1) is 0 Å². The lowest BCUT2D eigenvalue weighted by Gasteiger charge is -2.18. The molecule has 0 amide bonds. The molecule has 0 aliphatic carbocycles. The predicted molar refractivity (Wildman–Crippen MR) is 302 cm³/mol. The summed E-state index contributed by atoms with van der Waals surface area (Å²) in [5, 5.41) is 0. The van der Waals surface area contributed by atoms with Crippen LogP contribution >= 0.6 is 0 Å². The molecule has 0 heterocycles. The zero-order valence-corrected chi connectivity index (χ0v) is 45.8. The highest BCUT2D eigenvalue weighted by molar-refractivity contribution is 5.71. The van der Waals surface area contributed by atoms with Crippen LogP contribution in [0.2, 0.25) is 0 Å². The van der Waals surface area contributed by atoms with Crippen LogP contribution in [0.1, 0.15) is 271 Å². The molecule has 0 saturated carbocycles. The third kappa shape index (κ3) is 55.3. The van der Waals surface area contributed by atoms with Gasteiger partial charge in [-0.1, -0.05) is 253 Å². The molecule has 0 aromatic rings. The molecule has 0 radical (unpaired) electrons. The van der Waals surface area contributed by atoms with Crippen molar-refractivity contribution in [3.05, 3.63) is 97.2 Å². The number of ether oxygens (including phenoxy) is 3. The molecular formula is C64H108O6. The molecule has 0 saturated heterocycles. The minimum absolute atomic E-state index is 0.0834. The quantitative estimate of drug-likeness (QED) is 0.0262. The monoisotopic (exact) mass is 973 g/mol. The number of allylic oxidation sites excluding steroid dienone is 16. The highest BCUT2D eigenvalue weighted by Gasteiger charge is 2.19. The van der Waals surface area contributed by atoms with E-state index in [-0.39, 0.29) is 31.1 Å². The van der Waals surface area contributed by atoms with Gasteiger partial charge in [0.15, 0.2) is 6.10 Å². The molecule has 70 heavy (non-hydrogen) atoms. The molecule has 1 atom stereocenters. The van der Waals surface area contributed by atoms with Gasteiger partial charge in [0.25, 0.3) is 0 Å². The third-order valence-electron chi connectivity index (χ3n) is 12.3. The van der Waals surface area contributed by atoms with Crippen molar-refractivity contribution in [2.75, 3.05) is 13.2 Å². The van der Waals surface area contributed by atoms with Gasteiger partial charge in [0.1, 0.15) is 13.2 Å². The van der Waals surface area contributed by atoms with Crippen molar-refractivity contribution in [2.45, 2.75) is 277 Å². The predicted octanol–water partition coefficient (Wildman–Crippen LogP) is 19.7. The summed E-state index contributed by atoms with van der Waals surface area (Å²) in [6.45, 7) is 6.47. The average molecular weight is 974 g/mol. The van der Waals surface area contributed by atoms with Crippen molar-refractivity contribution in [3.63, 3.8) is 0 Å². The van der Waals surface area contributed by atoms with E-state index in [0.29, 0.717) is 19.3 Å². The van der Waals surface area contributed by atoms with E-state index >= 15 is 0 Å². The highest BCUT2D eigenvalue weighted by Crippen LogP contribution is 2.15. The van der Waals surface area contributed by atoms with Gasteiger partial charge in [-0.2, -0.15) is 0 Å². The van der Waals surface area contributed by atoms with Crippen molar-refractivity contribution < 1.29 is 28.6 Å². The Balaban J connectivity index is 4.24. The molecule has 0 aliphatic rings. The van der Waals surface area contributed by atoms with Gasteiger partial charge in [-0.25, -0.2) is 0 Å². The van der Waals surface area contributed by atoms with Gasteiger partial charge in [-0.05, 0) is 96.3 Å². The maximum atomic E-state index is 12.8. The first kappa shape index (κ1) is 66.3. The Hall–Kier alpha value is -3.67. The van der Waals surface area contributed by atoms with Crippen LogP contribution in [0.5, 0.6) is 0 Å². The third-order valence-corrected chi connectivity index (χ3v) is 12.3. The summed E-state index contributed by atoms with van der Waals surface area (Å²) >= 11 is 0. The number of rotatable bonds is 52. The molecule has 0 N–H and O–H groups in total. The van der Waals surface area contributed by atoms with Crippen LogP contribution in [0.15, 0.2) is 97.2 Å². The standard InChI is InChI=1S/C64H108O6/c1-4-7-10-13-16-19-22-24-25-26-27-28-29-30-31-32-33-34-35-36-37-38-39-40-43-45-48-51-54-57-63(66)69-60-61(59-68-62(65)56-53-50-47-44-41-21-18-15-12-9-6-3)70-64(67)58-55-52-49-46-42-23-20-17-14-11-8-5-2/h7,10,15-16,18-19,24-25,27-28,30-31,33-34,36-37,61H,4-6,8-9,11-14,17,20-23,26,29,32,35,38-60H2,1-3H3/b10-7-,18-15-,19-16-,25-24-,28-27-,31-30-,34-33-,37-36-. The fourth-order valence-electron chi connectivity index (χ4n) is 7.93. The minimum Gasteiger partial charge on any atom is -0.462 e. The zero-order chi connectivity index (χ0) is 50.7. The number of hydrogen-bond donors (Lipinski definition) is 0. The van der Waals surface area contributed by atoms with Crippen LogP contribution in [-0.2, 0) is 28.6 Å². The summed E-state index contributed by atoms with van der Waals surface area (Å²) in [7, 11) is 0. The van der Waals surface area contributed by atoms with E-state index in [9.17, 15) is 14.4 Å². The Morgan fingerprint density at radius 1 is 0.300 bits per heavy atom. The highest BCUT2D eigenvalue weighted by atomic mass is 16.6. The second-order valence-electron chi connectivity index (χ2n) is 19.2. The molecule has 0 aromatic carbocycles. The minimum atomic E-state index is -0.783. The molecule has 0 rings (SSSR count). The van der Waals surface area contributed by atoms with Gasteiger partial charge in [-0.15, -0.1) is 0 Å². The number of carbonyl (C=O) groups excluding carboxylic acids is 3. The van der Waals surface area contributed by atoms with Crippen LogP contribution in [0.3, 0.4) is 0 Å². The summed E-state index contributed by atoms with van der Waals surface area (Å²) in [4.78, 5) is 38.0. The maximum absolute atomic E-state index is 12.8. The summed E-state index contributed by atoms with van der Waals surface area (Å²) < 4.78 is 16.8. The van der Waals surface area contributed by atoms with Crippen molar-refractivity contribution in [2.24, 2.45) is 0 Å². The van der Waals surface area contributed by atoms with E-state index in [1.165, 1.54) is 116 Å². The van der Waals surface area contributed by atoms with E-state index in [1.807, 2.05) is 0 Å². The first-order chi connectivity index (χ1) is 34.5. The Morgan fingerprint density at radius 2 is 0.571 bits per heavy atom. The average Bonchev–Trinajstić information content (AvgIpc) is 3.36. The molecule has 0 aromatic heterocycles. The first-order valence-corrected chi connectivity index (χ1v) is 29.2. The summed E-state index contributed by atoms with van der Waals surface area (Å²) in [6.07, 6.45) is 76.9. The maximum Gasteiger partial charge on any atom is 0.306 e.